The molecule has 0 amide bonds. The van der Waals surface area contributed by atoms with Crippen LogP contribution in [0.25, 0.3) is 98.4 Å². The van der Waals surface area contributed by atoms with Gasteiger partial charge in [0.05, 0.1) is 1.37 Å². The predicted octanol–water partition coefficient (Wildman–Crippen LogP) is 13.2. The fourth-order valence-electron chi connectivity index (χ4n) is 7.75. The van der Waals surface area contributed by atoms with Crippen LogP contribution in [-0.2, 0) is 0 Å². The lowest BCUT2D eigenvalue weighted by molar-refractivity contribution is 0.669. The van der Waals surface area contributed by atoms with E-state index in [-0.39, 0.29) is 0 Å². The molecule has 0 aliphatic carbocycles. The Kier molecular flexibility index (Phi) is 5.42. The van der Waals surface area contributed by atoms with Gasteiger partial charge < -0.3 is 4.42 Å². The maximum Gasteiger partial charge on any atom is 0.136 e. The van der Waals surface area contributed by atoms with Gasteiger partial charge in [0.15, 0.2) is 0 Å². The van der Waals surface area contributed by atoms with Crippen LogP contribution < -0.4 is 0 Å². The van der Waals surface area contributed by atoms with E-state index in [9.17, 15) is 0 Å². The third kappa shape index (κ3) is 3.90. The Morgan fingerprint density at radius 2 is 0.894 bits per heavy atom. The van der Waals surface area contributed by atoms with Crippen molar-refractivity contribution in [1.82, 2.24) is 0 Å². The van der Waals surface area contributed by atoms with Gasteiger partial charge in [0.25, 0.3) is 0 Å². The third-order valence-corrected chi connectivity index (χ3v) is 9.71. The summed E-state index contributed by atoms with van der Waals surface area (Å²) in [4.78, 5) is 0. The zero-order chi connectivity index (χ0) is 31.8. The Morgan fingerprint density at radius 3 is 1.53 bits per heavy atom. The van der Waals surface area contributed by atoms with Crippen molar-refractivity contribution in [3.63, 3.8) is 0 Å². The van der Waals surface area contributed by atoms with Gasteiger partial charge >= 0.3 is 0 Å². The van der Waals surface area contributed by atoms with Crippen molar-refractivity contribution < 1.29 is 5.79 Å². The summed E-state index contributed by atoms with van der Waals surface area (Å²) in [6.07, 6.45) is 0. The molecular weight excluding hydrogens is 569 g/mol. The van der Waals surface area contributed by atoms with Gasteiger partial charge in [-0.1, -0.05) is 146 Å². The lowest BCUT2D eigenvalue weighted by atomic mass is 9.85. The lowest BCUT2D eigenvalue weighted by Gasteiger charge is -2.18. The van der Waals surface area contributed by atoms with Gasteiger partial charge in [-0.05, 0) is 101 Å². The predicted molar refractivity (Wildman–Crippen MR) is 200 cm³/mol. The number of fused-ring (bicyclic) bond motifs is 7. The molecule has 1 heteroatoms. The Morgan fingerprint density at radius 1 is 0.362 bits per heavy atom. The van der Waals surface area contributed by atoms with Crippen LogP contribution in [0.2, 0.25) is 0 Å². The molecule has 0 fully saturated rings. The summed E-state index contributed by atoms with van der Waals surface area (Å²) in [5.41, 5.74) is 8.81. The summed E-state index contributed by atoms with van der Waals surface area (Å²) in [5.74, 6) is 0. The van der Waals surface area contributed by atoms with E-state index in [1.165, 1.54) is 43.8 Å². The van der Waals surface area contributed by atoms with Crippen molar-refractivity contribution in [3.05, 3.63) is 170 Å². The first-order chi connectivity index (χ1) is 23.8. The minimum Gasteiger partial charge on any atom is -0.456 e. The van der Waals surface area contributed by atoms with E-state index in [1.807, 2.05) is 12.1 Å². The van der Waals surface area contributed by atoms with Crippen LogP contribution in [0.15, 0.2) is 174 Å². The van der Waals surface area contributed by atoms with Crippen LogP contribution >= 0.6 is 0 Å². The largest absolute Gasteiger partial charge is 0.456 e. The van der Waals surface area contributed by atoms with Crippen LogP contribution in [-0.4, -0.2) is 0 Å². The van der Waals surface area contributed by atoms with Gasteiger partial charge in [0.1, 0.15) is 11.2 Å². The second kappa shape index (κ2) is 10.2. The molecule has 0 aliphatic heterocycles. The first-order valence-electron chi connectivity index (χ1n) is 16.6. The molecular formula is C46H28O. The normalized spacial score (nSPS) is 12.1. The molecule has 10 aromatic rings. The zero-order valence-corrected chi connectivity index (χ0v) is 25.5. The van der Waals surface area contributed by atoms with Crippen LogP contribution in [0.5, 0.6) is 0 Å². The fraction of sp³-hybridized carbons (Fsp3) is 0. The van der Waals surface area contributed by atoms with Crippen molar-refractivity contribution >= 4 is 65.0 Å². The van der Waals surface area contributed by atoms with E-state index in [0.29, 0.717) is 6.04 Å². The van der Waals surface area contributed by atoms with Gasteiger partial charge in [-0.3, -0.25) is 0 Å². The minimum atomic E-state index is 0.567. The molecule has 0 saturated heterocycles. The Bertz CT molecular complexity index is 2780. The molecule has 218 valence electrons. The highest BCUT2D eigenvalue weighted by molar-refractivity contribution is 6.26. The standard InChI is InChI=1S/C46H28O/c1-2-13-29(14-3-1)43-35-19-8-10-21-37(35)45(38-22-11-9-20-36(38)43)40-23-12-24-41-46(40)39-26-25-32(28-42(39)47-41)44-33-17-6-4-15-30(33)27-31-16-5-7-18-34(31)44/h1-28H/i27D. The summed E-state index contributed by atoms with van der Waals surface area (Å²) in [6, 6.07) is 58.5. The molecule has 1 aromatic heterocycles. The van der Waals surface area contributed by atoms with Crippen LogP contribution in [0, 0.1) is 0 Å². The molecule has 10 rings (SSSR count). The molecule has 0 aliphatic rings. The van der Waals surface area contributed by atoms with Gasteiger partial charge in [-0.15, -0.1) is 0 Å². The Labute approximate surface area is 273 Å². The minimum absolute atomic E-state index is 0.567. The van der Waals surface area contributed by atoms with Gasteiger partial charge in [0.2, 0.25) is 0 Å². The molecule has 1 nitrogen and oxygen atoms in total. The number of hydrogen-bond acceptors (Lipinski definition) is 1. The highest BCUT2D eigenvalue weighted by Crippen LogP contribution is 2.47. The lowest BCUT2D eigenvalue weighted by Crippen LogP contribution is -1.91. The monoisotopic (exact) mass is 597 g/mol. The topological polar surface area (TPSA) is 13.1 Å². The van der Waals surface area contributed by atoms with Gasteiger partial charge in [-0.25, -0.2) is 0 Å². The SMILES string of the molecule is [2H]c1c2ccccc2c(-c2ccc3c(c2)oc2cccc(-c4c5ccccc5c(-c5ccccc5)c5ccccc45)c23)c2ccccc12. The van der Waals surface area contributed by atoms with Crippen molar-refractivity contribution in [2.45, 2.75) is 0 Å². The van der Waals surface area contributed by atoms with Crippen molar-refractivity contribution in [1.29, 1.82) is 0 Å². The average molecular weight is 598 g/mol. The summed E-state index contributed by atoms with van der Waals surface area (Å²) in [5, 5.41) is 11.2. The van der Waals surface area contributed by atoms with E-state index in [0.717, 1.165) is 54.6 Å². The fourth-order valence-corrected chi connectivity index (χ4v) is 7.75. The molecule has 0 unspecified atom stereocenters. The van der Waals surface area contributed by atoms with Crippen LogP contribution in [0.1, 0.15) is 1.37 Å². The van der Waals surface area contributed by atoms with E-state index in [1.54, 1.807) is 0 Å². The highest BCUT2D eigenvalue weighted by atomic mass is 16.3. The highest BCUT2D eigenvalue weighted by Gasteiger charge is 2.20. The van der Waals surface area contributed by atoms with Crippen molar-refractivity contribution in [3.8, 4) is 33.4 Å². The number of benzene rings is 9. The van der Waals surface area contributed by atoms with Crippen molar-refractivity contribution in [2.75, 3.05) is 0 Å². The third-order valence-electron chi connectivity index (χ3n) is 9.71. The smallest absolute Gasteiger partial charge is 0.136 e. The van der Waals surface area contributed by atoms with Crippen LogP contribution in [0.3, 0.4) is 0 Å². The first kappa shape index (κ1) is 25.1. The number of furan rings is 1. The van der Waals surface area contributed by atoms with Crippen molar-refractivity contribution in [2.24, 2.45) is 0 Å². The summed E-state index contributed by atoms with van der Waals surface area (Å²) in [6.45, 7) is 0. The summed E-state index contributed by atoms with van der Waals surface area (Å²) >= 11 is 0. The van der Waals surface area contributed by atoms with Gasteiger partial charge in [-0.2, -0.15) is 0 Å². The number of hydrogen-bond donors (Lipinski definition) is 0. The first-order valence-corrected chi connectivity index (χ1v) is 16.1. The number of rotatable bonds is 3. The maximum absolute atomic E-state index is 8.96. The van der Waals surface area contributed by atoms with E-state index in [2.05, 4.69) is 152 Å². The van der Waals surface area contributed by atoms with E-state index < -0.39 is 0 Å². The molecule has 0 bridgehead atoms. The summed E-state index contributed by atoms with van der Waals surface area (Å²) in [7, 11) is 0. The van der Waals surface area contributed by atoms with E-state index >= 15 is 0 Å². The molecule has 1 heterocycles. The molecule has 0 radical (unpaired) electrons. The zero-order valence-electron chi connectivity index (χ0n) is 26.5. The van der Waals surface area contributed by atoms with E-state index in [4.69, 9.17) is 5.79 Å². The molecule has 47 heavy (non-hydrogen) atoms. The van der Waals surface area contributed by atoms with Gasteiger partial charge in [0, 0.05) is 10.8 Å². The Balaban J connectivity index is 1.27. The molecule has 9 aromatic carbocycles. The second-order valence-corrected chi connectivity index (χ2v) is 12.3. The molecule has 0 spiro atoms. The average Bonchev–Trinajstić information content (AvgIpc) is 3.53. The summed E-state index contributed by atoms with van der Waals surface area (Å²) < 4.78 is 15.7. The Hall–Kier alpha value is -6.18. The molecule has 0 N–H and O–H groups in total. The quantitative estimate of drug-likeness (QED) is 0.185. The van der Waals surface area contributed by atoms with Crippen LogP contribution in [0.4, 0.5) is 0 Å². The maximum atomic E-state index is 8.96. The molecule has 0 saturated carbocycles. The molecule has 0 atom stereocenters. The second-order valence-electron chi connectivity index (χ2n) is 12.3.